The van der Waals surface area contributed by atoms with Crippen molar-refractivity contribution in [1.82, 2.24) is 9.88 Å². The van der Waals surface area contributed by atoms with Crippen LogP contribution in [0, 0.1) is 6.92 Å². The van der Waals surface area contributed by atoms with Gasteiger partial charge in [0.25, 0.3) is 5.91 Å². The number of aromatic nitrogens is 1. The third-order valence-corrected chi connectivity index (χ3v) is 3.89. The van der Waals surface area contributed by atoms with Gasteiger partial charge in [0.2, 0.25) is 0 Å². The van der Waals surface area contributed by atoms with Crippen LogP contribution in [0.3, 0.4) is 0 Å². The van der Waals surface area contributed by atoms with E-state index in [0.717, 1.165) is 12.2 Å². The van der Waals surface area contributed by atoms with Gasteiger partial charge in [-0.25, -0.2) is 0 Å². The summed E-state index contributed by atoms with van der Waals surface area (Å²) in [5.74, 6) is -0.0349. The molecule has 0 saturated carbocycles. The third-order valence-electron chi connectivity index (χ3n) is 3.89. The smallest absolute Gasteiger partial charge is 0.272 e. The summed E-state index contributed by atoms with van der Waals surface area (Å²) in [6.45, 7) is 5.23. The number of nitrogens with one attached hydrogen (secondary N) is 1. The summed E-state index contributed by atoms with van der Waals surface area (Å²) < 4.78 is 5.28. The first-order valence-corrected chi connectivity index (χ1v) is 7.85. The molecule has 1 aliphatic heterocycles. The highest BCUT2D eigenvalue weighted by molar-refractivity contribution is 5.93. The van der Waals surface area contributed by atoms with Crippen LogP contribution < -0.4 is 5.32 Å². The fourth-order valence-corrected chi connectivity index (χ4v) is 2.50. The molecule has 5 nitrogen and oxygen atoms in total. The molecule has 1 saturated heterocycles. The Bertz CT molecular complexity index is 664. The Hall–Kier alpha value is -2.40. The second-order valence-corrected chi connectivity index (χ2v) is 5.67. The van der Waals surface area contributed by atoms with Crippen LogP contribution in [0.15, 0.2) is 42.6 Å². The van der Waals surface area contributed by atoms with Crippen LogP contribution in [0.25, 0.3) is 0 Å². The average molecular weight is 311 g/mol. The van der Waals surface area contributed by atoms with E-state index < -0.39 is 0 Å². The van der Waals surface area contributed by atoms with E-state index in [9.17, 15) is 4.79 Å². The number of carbonyl (C=O) groups is 1. The molecular formula is C18H21N3O2. The maximum atomic E-state index is 12.4. The lowest BCUT2D eigenvalue weighted by Gasteiger charge is -2.26. The van der Waals surface area contributed by atoms with Crippen molar-refractivity contribution < 1.29 is 9.53 Å². The van der Waals surface area contributed by atoms with Crippen LogP contribution in [0.2, 0.25) is 0 Å². The van der Waals surface area contributed by atoms with Gasteiger partial charge >= 0.3 is 0 Å². The van der Waals surface area contributed by atoms with E-state index in [1.807, 2.05) is 12.1 Å². The molecule has 0 spiro atoms. The van der Waals surface area contributed by atoms with E-state index in [1.54, 1.807) is 11.1 Å². The molecule has 1 aromatic carbocycles. The molecule has 1 fully saturated rings. The first kappa shape index (κ1) is 15.5. The Labute approximate surface area is 136 Å². The molecule has 3 rings (SSSR count). The number of benzene rings is 1. The Kier molecular flexibility index (Phi) is 4.88. The van der Waals surface area contributed by atoms with Gasteiger partial charge in [-0.3, -0.25) is 9.78 Å². The molecule has 1 N–H and O–H groups in total. The molecule has 0 aliphatic carbocycles. The number of hydrogen-bond donors (Lipinski definition) is 1. The summed E-state index contributed by atoms with van der Waals surface area (Å²) in [4.78, 5) is 18.4. The Balaban J connectivity index is 1.64. The first-order chi connectivity index (χ1) is 11.2. The molecule has 1 aliphatic rings. The van der Waals surface area contributed by atoms with Crippen molar-refractivity contribution in [2.24, 2.45) is 0 Å². The zero-order chi connectivity index (χ0) is 16.1. The van der Waals surface area contributed by atoms with Crippen molar-refractivity contribution >= 4 is 11.6 Å². The number of aryl methyl sites for hydroxylation is 1. The minimum absolute atomic E-state index is 0.0349. The number of morpholine rings is 1. The maximum absolute atomic E-state index is 12.4. The van der Waals surface area contributed by atoms with Gasteiger partial charge in [-0.2, -0.15) is 0 Å². The molecule has 1 aromatic heterocycles. The summed E-state index contributed by atoms with van der Waals surface area (Å²) in [5.41, 5.74) is 3.82. The highest BCUT2D eigenvalue weighted by Crippen LogP contribution is 2.13. The van der Waals surface area contributed by atoms with Crippen LogP contribution in [-0.2, 0) is 11.3 Å². The number of anilines is 1. The van der Waals surface area contributed by atoms with Crippen molar-refractivity contribution in [2.45, 2.75) is 13.5 Å². The molecule has 0 unspecified atom stereocenters. The summed E-state index contributed by atoms with van der Waals surface area (Å²) >= 11 is 0. The van der Waals surface area contributed by atoms with E-state index in [2.05, 4.69) is 41.5 Å². The van der Waals surface area contributed by atoms with Gasteiger partial charge in [-0.05, 0) is 24.6 Å². The topological polar surface area (TPSA) is 54.5 Å². The van der Waals surface area contributed by atoms with E-state index in [0.29, 0.717) is 32.0 Å². The van der Waals surface area contributed by atoms with Crippen LogP contribution in [0.1, 0.15) is 21.6 Å². The molecule has 23 heavy (non-hydrogen) atoms. The molecule has 0 atom stereocenters. The minimum Gasteiger partial charge on any atom is -0.381 e. The average Bonchev–Trinajstić information content (AvgIpc) is 2.61. The SMILES string of the molecule is Cc1ccc(CNc2ccnc(C(=O)N3CCOCC3)c2)cc1. The highest BCUT2D eigenvalue weighted by Gasteiger charge is 2.19. The predicted octanol–water partition coefficient (Wildman–Crippen LogP) is 2.47. The molecule has 2 aromatic rings. The third kappa shape index (κ3) is 4.07. The van der Waals surface area contributed by atoms with Gasteiger partial charge in [0, 0.05) is 31.5 Å². The summed E-state index contributed by atoms with van der Waals surface area (Å²) in [5, 5.41) is 3.34. The van der Waals surface area contributed by atoms with Crippen molar-refractivity contribution in [3.63, 3.8) is 0 Å². The zero-order valence-electron chi connectivity index (χ0n) is 13.3. The lowest BCUT2D eigenvalue weighted by Crippen LogP contribution is -2.41. The second kappa shape index (κ2) is 7.24. The van der Waals surface area contributed by atoms with Crippen molar-refractivity contribution in [2.75, 3.05) is 31.6 Å². The number of nitrogens with zero attached hydrogens (tertiary/aromatic N) is 2. The van der Waals surface area contributed by atoms with Gasteiger partial charge in [0.15, 0.2) is 0 Å². The van der Waals surface area contributed by atoms with Crippen molar-refractivity contribution in [3.8, 4) is 0 Å². The van der Waals surface area contributed by atoms with E-state index >= 15 is 0 Å². The number of ether oxygens (including phenoxy) is 1. The molecule has 0 radical (unpaired) electrons. The largest absolute Gasteiger partial charge is 0.381 e. The first-order valence-electron chi connectivity index (χ1n) is 7.85. The maximum Gasteiger partial charge on any atom is 0.272 e. The van der Waals surface area contributed by atoms with Crippen molar-refractivity contribution in [1.29, 1.82) is 0 Å². The standard InChI is InChI=1S/C18H21N3O2/c1-14-2-4-15(5-3-14)13-20-16-6-7-19-17(12-16)18(22)21-8-10-23-11-9-21/h2-7,12H,8-11,13H2,1H3,(H,19,20). The number of rotatable bonds is 4. The van der Waals surface area contributed by atoms with Crippen LogP contribution in [0.5, 0.6) is 0 Å². The normalized spacial score (nSPS) is 14.6. The van der Waals surface area contributed by atoms with E-state index in [4.69, 9.17) is 4.74 Å². The molecule has 0 bridgehead atoms. The molecular weight excluding hydrogens is 290 g/mol. The Morgan fingerprint density at radius 2 is 1.96 bits per heavy atom. The fourth-order valence-electron chi connectivity index (χ4n) is 2.50. The number of pyridine rings is 1. The lowest BCUT2D eigenvalue weighted by atomic mass is 10.1. The van der Waals surface area contributed by atoms with Crippen LogP contribution in [-0.4, -0.2) is 42.1 Å². The number of amides is 1. The molecule has 5 heteroatoms. The molecule has 2 heterocycles. The Morgan fingerprint density at radius 3 is 2.70 bits per heavy atom. The lowest BCUT2D eigenvalue weighted by molar-refractivity contribution is 0.0299. The van der Waals surface area contributed by atoms with Gasteiger partial charge in [0.05, 0.1) is 13.2 Å². The van der Waals surface area contributed by atoms with Crippen LogP contribution >= 0.6 is 0 Å². The monoisotopic (exact) mass is 311 g/mol. The Morgan fingerprint density at radius 1 is 1.22 bits per heavy atom. The van der Waals surface area contributed by atoms with Gasteiger partial charge in [0.1, 0.15) is 5.69 Å². The van der Waals surface area contributed by atoms with Gasteiger partial charge in [-0.1, -0.05) is 29.8 Å². The van der Waals surface area contributed by atoms with Gasteiger partial charge < -0.3 is 15.0 Å². The molecule has 1 amide bonds. The summed E-state index contributed by atoms with van der Waals surface area (Å²) in [6, 6.07) is 12.1. The van der Waals surface area contributed by atoms with Crippen molar-refractivity contribution in [3.05, 3.63) is 59.4 Å². The van der Waals surface area contributed by atoms with Gasteiger partial charge in [-0.15, -0.1) is 0 Å². The fraction of sp³-hybridized carbons (Fsp3) is 0.333. The second-order valence-electron chi connectivity index (χ2n) is 5.67. The molecule has 120 valence electrons. The van der Waals surface area contributed by atoms with E-state index in [1.165, 1.54) is 11.1 Å². The minimum atomic E-state index is -0.0349. The highest BCUT2D eigenvalue weighted by atomic mass is 16.5. The quantitative estimate of drug-likeness (QED) is 0.942. The zero-order valence-corrected chi connectivity index (χ0v) is 13.3. The number of hydrogen-bond acceptors (Lipinski definition) is 4. The summed E-state index contributed by atoms with van der Waals surface area (Å²) in [6.07, 6.45) is 1.67. The van der Waals surface area contributed by atoms with Crippen LogP contribution in [0.4, 0.5) is 5.69 Å². The van der Waals surface area contributed by atoms with E-state index in [-0.39, 0.29) is 5.91 Å². The predicted molar refractivity (Wildman–Crippen MR) is 89.5 cm³/mol. The summed E-state index contributed by atoms with van der Waals surface area (Å²) in [7, 11) is 0. The number of carbonyl (C=O) groups excluding carboxylic acids is 1.